The van der Waals surface area contributed by atoms with Crippen molar-refractivity contribution in [1.29, 1.82) is 0 Å². The molecule has 1 N–H and O–H groups in total. The summed E-state index contributed by atoms with van der Waals surface area (Å²) in [5.74, 6) is -0.942. The van der Waals surface area contributed by atoms with Crippen LogP contribution in [0.15, 0.2) is 0 Å². The van der Waals surface area contributed by atoms with E-state index in [0.717, 1.165) is 4.90 Å². The number of rotatable bonds is 3. The number of carbonyl (C=O) groups is 1. The molecule has 4 atom stereocenters. The minimum absolute atomic E-state index is 0.171. The minimum Gasteiger partial charge on any atom is -0.394 e. The maximum Gasteiger partial charge on any atom is 0.404 e. The largest absolute Gasteiger partial charge is 0.404 e. The van der Waals surface area contributed by atoms with Gasteiger partial charge >= 0.3 is 6.18 Å². The number of hydrogen-bond acceptors (Lipinski definition) is 4. The van der Waals surface area contributed by atoms with E-state index >= 15 is 0 Å². The standard InChI is InChI=1S/C11H16F3NO3/c1-18-6-10(5-16)9(17)7-2-3-15(10)8(4-7)11(12,13)14/h7-8,16H,2-6H2,1H3/t7-,8+,10-/m0/s1. The van der Waals surface area contributed by atoms with Crippen LogP contribution in [-0.4, -0.2) is 60.4 Å². The number of aliphatic hydroxyl groups is 1. The van der Waals surface area contributed by atoms with Gasteiger partial charge in [-0.1, -0.05) is 0 Å². The van der Waals surface area contributed by atoms with Crippen molar-refractivity contribution in [2.75, 3.05) is 26.9 Å². The third kappa shape index (κ3) is 1.85. The Morgan fingerprint density at radius 3 is 2.72 bits per heavy atom. The quantitative estimate of drug-likeness (QED) is 0.813. The van der Waals surface area contributed by atoms with Crippen molar-refractivity contribution in [3.63, 3.8) is 0 Å². The molecule has 0 spiro atoms. The summed E-state index contributed by atoms with van der Waals surface area (Å²) in [5, 5.41) is 9.44. The van der Waals surface area contributed by atoms with E-state index in [1.165, 1.54) is 7.11 Å². The van der Waals surface area contributed by atoms with Crippen LogP contribution in [-0.2, 0) is 9.53 Å². The molecule has 0 saturated carbocycles. The van der Waals surface area contributed by atoms with Gasteiger partial charge in [0.05, 0.1) is 13.2 Å². The van der Waals surface area contributed by atoms with Gasteiger partial charge in [-0.3, -0.25) is 9.69 Å². The predicted molar refractivity (Wildman–Crippen MR) is 56.0 cm³/mol. The average Bonchev–Trinajstić information content (AvgIpc) is 2.32. The Hall–Kier alpha value is -0.660. The second-order valence-electron chi connectivity index (χ2n) is 4.96. The lowest BCUT2D eigenvalue weighted by Crippen LogP contribution is -2.74. The van der Waals surface area contributed by atoms with E-state index in [9.17, 15) is 23.1 Å². The molecule has 0 radical (unpaired) electrons. The maximum atomic E-state index is 13.0. The molecular formula is C11H16F3NO3. The lowest BCUT2D eigenvalue weighted by Gasteiger charge is -2.55. The van der Waals surface area contributed by atoms with Gasteiger partial charge in [-0.25, -0.2) is 0 Å². The molecule has 3 aliphatic rings. The first-order valence-corrected chi connectivity index (χ1v) is 5.84. The van der Waals surface area contributed by atoms with Crippen molar-refractivity contribution in [1.82, 2.24) is 4.90 Å². The lowest BCUT2D eigenvalue weighted by atomic mass is 9.70. The van der Waals surface area contributed by atoms with Crippen molar-refractivity contribution in [2.24, 2.45) is 5.92 Å². The number of aliphatic hydroxyl groups excluding tert-OH is 1. The molecule has 3 rings (SSSR count). The number of Topliss-reactive ketones (excluding diaryl/α,β-unsaturated/α-hetero) is 1. The van der Waals surface area contributed by atoms with Crippen LogP contribution >= 0.6 is 0 Å². The van der Waals surface area contributed by atoms with Gasteiger partial charge in [0.25, 0.3) is 0 Å². The highest BCUT2D eigenvalue weighted by Gasteiger charge is 2.62. The molecule has 18 heavy (non-hydrogen) atoms. The van der Waals surface area contributed by atoms with E-state index in [-0.39, 0.29) is 25.4 Å². The number of ketones is 1. The van der Waals surface area contributed by atoms with E-state index in [1.54, 1.807) is 0 Å². The van der Waals surface area contributed by atoms with Crippen LogP contribution in [0.2, 0.25) is 0 Å². The highest BCUT2D eigenvalue weighted by molar-refractivity contribution is 5.92. The first kappa shape index (κ1) is 13.8. The molecule has 1 unspecified atom stereocenters. The lowest BCUT2D eigenvalue weighted by molar-refractivity contribution is -0.234. The van der Waals surface area contributed by atoms with Gasteiger partial charge in [-0.2, -0.15) is 13.2 Å². The zero-order valence-corrected chi connectivity index (χ0v) is 10.0. The fraction of sp³-hybridized carbons (Fsp3) is 0.909. The molecule has 0 amide bonds. The molecule has 0 aromatic heterocycles. The number of nitrogens with zero attached hydrogens (tertiary/aromatic N) is 1. The van der Waals surface area contributed by atoms with E-state index in [4.69, 9.17) is 4.74 Å². The summed E-state index contributed by atoms with van der Waals surface area (Å²) >= 11 is 0. The van der Waals surface area contributed by atoms with Gasteiger partial charge in [0, 0.05) is 19.6 Å². The fourth-order valence-corrected chi connectivity index (χ4v) is 3.15. The molecule has 104 valence electrons. The molecule has 3 saturated heterocycles. The van der Waals surface area contributed by atoms with Crippen LogP contribution in [0, 0.1) is 5.92 Å². The van der Waals surface area contributed by atoms with Crippen LogP contribution in [0.25, 0.3) is 0 Å². The zero-order valence-electron chi connectivity index (χ0n) is 10.0. The van der Waals surface area contributed by atoms with Crippen LogP contribution in [0.4, 0.5) is 13.2 Å². The molecule has 3 heterocycles. The SMILES string of the molecule is COC[C@@]1(CO)C(=O)[C@H]2CCN1[C@@H](C(F)(F)F)C2. The van der Waals surface area contributed by atoms with Gasteiger partial charge < -0.3 is 9.84 Å². The summed E-state index contributed by atoms with van der Waals surface area (Å²) in [6, 6.07) is -1.66. The number of ether oxygens (including phenoxy) is 1. The normalized spacial score (nSPS) is 40.3. The Labute approximate surface area is 103 Å². The Kier molecular flexibility index (Phi) is 3.42. The summed E-state index contributed by atoms with van der Waals surface area (Å²) in [4.78, 5) is 13.2. The van der Waals surface area contributed by atoms with Crippen LogP contribution in [0.1, 0.15) is 12.8 Å². The number of halogens is 3. The van der Waals surface area contributed by atoms with Crippen molar-refractivity contribution >= 4 is 5.78 Å². The monoisotopic (exact) mass is 267 g/mol. The van der Waals surface area contributed by atoms with Gasteiger partial charge in [0.2, 0.25) is 0 Å². The number of fused-ring (bicyclic) bond motifs is 3. The van der Waals surface area contributed by atoms with Crippen LogP contribution in [0.3, 0.4) is 0 Å². The molecule has 3 aliphatic heterocycles. The van der Waals surface area contributed by atoms with Crippen LogP contribution in [0.5, 0.6) is 0 Å². The van der Waals surface area contributed by atoms with Gasteiger partial charge in [0.1, 0.15) is 11.6 Å². The van der Waals surface area contributed by atoms with Crippen molar-refractivity contribution < 1.29 is 27.8 Å². The highest BCUT2D eigenvalue weighted by Crippen LogP contribution is 2.45. The Morgan fingerprint density at radius 2 is 2.22 bits per heavy atom. The van der Waals surface area contributed by atoms with E-state index in [0.29, 0.717) is 6.42 Å². The third-order valence-electron chi connectivity index (χ3n) is 4.00. The van der Waals surface area contributed by atoms with Gasteiger partial charge in [-0.15, -0.1) is 0 Å². The van der Waals surface area contributed by atoms with Crippen molar-refractivity contribution in [3.8, 4) is 0 Å². The average molecular weight is 267 g/mol. The Balaban J connectivity index is 2.37. The summed E-state index contributed by atoms with van der Waals surface area (Å²) < 4.78 is 43.8. The smallest absolute Gasteiger partial charge is 0.394 e. The molecule has 7 heteroatoms. The molecule has 3 fully saturated rings. The summed E-state index contributed by atoms with van der Waals surface area (Å²) in [6.07, 6.45) is -4.15. The number of alkyl halides is 3. The van der Waals surface area contributed by atoms with E-state index in [1.807, 2.05) is 0 Å². The molecular weight excluding hydrogens is 251 g/mol. The second kappa shape index (κ2) is 4.47. The molecule has 0 aliphatic carbocycles. The number of piperidine rings is 3. The second-order valence-corrected chi connectivity index (χ2v) is 4.96. The highest BCUT2D eigenvalue weighted by atomic mass is 19.4. The summed E-state index contributed by atoms with van der Waals surface area (Å²) in [6.45, 7) is -0.668. The third-order valence-corrected chi connectivity index (χ3v) is 4.00. The zero-order chi connectivity index (χ0) is 13.6. The molecule has 0 aromatic carbocycles. The van der Waals surface area contributed by atoms with Crippen molar-refractivity contribution in [2.45, 2.75) is 30.6 Å². The Bertz CT molecular complexity index is 347. The molecule has 4 nitrogen and oxygen atoms in total. The summed E-state index contributed by atoms with van der Waals surface area (Å²) in [7, 11) is 1.32. The maximum absolute atomic E-state index is 13.0. The van der Waals surface area contributed by atoms with Crippen molar-refractivity contribution in [3.05, 3.63) is 0 Å². The molecule has 2 bridgehead atoms. The first-order chi connectivity index (χ1) is 8.36. The van der Waals surface area contributed by atoms with Gasteiger partial charge in [0.15, 0.2) is 5.78 Å². The summed E-state index contributed by atoms with van der Waals surface area (Å²) in [5.41, 5.74) is -1.52. The number of methoxy groups -OCH3 is 1. The Morgan fingerprint density at radius 1 is 1.56 bits per heavy atom. The van der Waals surface area contributed by atoms with Gasteiger partial charge in [-0.05, 0) is 12.8 Å². The molecule has 0 aromatic rings. The van der Waals surface area contributed by atoms with Crippen LogP contribution < -0.4 is 0 Å². The number of carbonyl (C=O) groups excluding carboxylic acids is 1. The first-order valence-electron chi connectivity index (χ1n) is 5.84. The number of hydrogen-bond donors (Lipinski definition) is 1. The fourth-order valence-electron chi connectivity index (χ4n) is 3.15. The van der Waals surface area contributed by atoms with E-state index in [2.05, 4.69) is 0 Å². The minimum atomic E-state index is -4.38. The predicted octanol–water partition coefficient (Wildman–Crippen LogP) is 0.590. The topological polar surface area (TPSA) is 49.8 Å². The van der Waals surface area contributed by atoms with E-state index < -0.39 is 30.3 Å².